The number of para-hydroxylation sites is 2. The van der Waals surface area contributed by atoms with E-state index in [1.165, 1.54) is 10.9 Å². The monoisotopic (exact) mass is 446 g/mol. The predicted molar refractivity (Wildman–Crippen MR) is 127 cm³/mol. The van der Waals surface area contributed by atoms with Crippen LogP contribution in [0.15, 0.2) is 65.7 Å². The Morgan fingerprint density at radius 2 is 1.82 bits per heavy atom. The van der Waals surface area contributed by atoms with Gasteiger partial charge in [0.05, 0.1) is 24.0 Å². The fraction of sp³-hybridized carbons (Fsp3) is 0.250. The Morgan fingerprint density at radius 3 is 2.48 bits per heavy atom. The van der Waals surface area contributed by atoms with E-state index in [1.54, 1.807) is 29.2 Å². The highest BCUT2D eigenvalue weighted by atomic mass is 16.3. The van der Waals surface area contributed by atoms with E-state index in [1.807, 2.05) is 30.3 Å². The number of carbonyl (C=O) groups excluding carboxylic acids is 1. The van der Waals surface area contributed by atoms with Crippen LogP contribution in [0.3, 0.4) is 0 Å². The molecule has 4 rings (SSSR count). The molecule has 0 spiro atoms. The molecule has 2 heterocycles. The largest absolute Gasteiger partial charge is 0.398 e. The molecule has 0 aliphatic carbocycles. The molecule has 0 radical (unpaired) electrons. The van der Waals surface area contributed by atoms with Gasteiger partial charge in [-0.15, -0.1) is 0 Å². The highest BCUT2D eigenvalue weighted by molar-refractivity contribution is 5.99. The number of rotatable bonds is 6. The zero-order valence-corrected chi connectivity index (χ0v) is 18.1. The zero-order chi connectivity index (χ0) is 23.4. The molecule has 170 valence electrons. The van der Waals surface area contributed by atoms with Crippen molar-refractivity contribution in [3.05, 3.63) is 82.4 Å². The third-order valence-corrected chi connectivity index (χ3v) is 5.89. The number of amides is 1. The first-order valence-electron chi connectivity index (χ1n) is 10.7. The molecule has 1 aliphatic rings. The molecule has 5 N–H and O–H groups in total. The van der Waals surface area contributed by atoms with Crippen molar-refractivity contribution in [2.75, 3.05) is 24.1 Å². The van der Waals surface area contributed by atoms with Crippen LogP contribution in [0.1, 0.15) is 28.8 Å². The second-order valence-corrected chi connectivity index (χ2v) is 8.18. The van der Waals surface area contributed by atoms with Crippen molar-refractivity contribution < 1.29 is 9.90 Å². The van der Waals surface area contributed by atoms with Gasteiger partial charge in [-0.25, -0.2) is 4.98 Å². The van der Waals surface area contributed by atoms with Crippen molar-refractivity contribution in [1.29, 1.82) is 5.41 Å². The molecule has 3 aromatic rings. The summed E-state index contributed by atoms with van der Waals surface area (Å²) in [6, 6.07) is 16.2. The summed E-state index contributed by atoms with van der Waals surface area (Å²) >= 11 is 0. The van der Waals surface area contributed by atoms with E-state index in [4.69, 9.17) is 11.1 Å². The average molecular weight is 447 g/mol. The van der Waals surface area contributed by atoms with Crippen LogP contribution in [0.5, 0.6) is 0 Å². The Morgan fingerprint density at radius 1 is 1.15 bits per heavy atom. The minimum atomic E-state index is -1.17. The van der Waals surface area contributed by atoms with Gasteiger partial charge in [-0.05, 0) is 37.1 Å². The maximum atomic E-state index is 13.0. The Bertz CT molecular complexity index is 1220. The van der Waals surface area contributed by atoms with Gasteiger partial charge in [0.25, 0.3) is 11.5 Å². The Hall–Kier alpha value is -3.98. The van der Waals surface area contributed by atoms with Gasteiger partial charge >= 0.3 is 0 Å². The molecule has 1 saturated heterocycles. The van der Waals surface area contributed by atoms with Crippen molar-refractivity contribution >= 4 is 29.3 Å². The van der Waals surface area contributed by atoms with Crippen LogP contribution in [0.4, 0.5) is 17.2 Å². The summed E-state index contributed by atoms with van der Waals surface area (Å²) in [6.07, 6.45) is 2.96. The quantitative estimate of drug-likeness (QED) is 0.338. The Balaban J connectivity index is 1.47. The van der Waals surface area contributed by atoms with Gasteiger partial charge in [-0.1, -0.05) is 30.3 Å². The van der Waals surface area contributed by atoms with Crippen LogP contribution < -0.4 is 16.6 Å². The molecule has 0 bridgehead atoms. The summed E-state index contributed by atoms with van der Waals surface area (Å²) in [5.74, 6) is 0.113. The van der Waals surface area contributed by atoms with E-state index in [0.29, 0.717) is 37.2 Å². The number of likely N-dealkylation sites (tertiary alicyclic amines) is 1. The lowest BCUT2D eigenvalue weighted by atomic mass is 9.90. The summed E-state index contributed by atoms with van der Waals surface area (Å²) in [5, 5.41) is 21.9. The van der Waals surface area contributed by atoms with Crippen LogP contribution >= 0.6 is 0 Å². The molecule has 1 aliphatic heterocycles. The lowest BCUT2D eigenvalue weighted by Gasteiger charge is -2.38. The van der Waals surface area contributed by atoms with Crippen LogP contribution in [0.2, 0.25) is 0 Å². The van der Waals surface area contributed by atoms with Crippen molar-refractivity contribution in [3.8, 4) is 0 Å². The van der Waals surface area contributed by atoms with E-state index in [9.17, 15) is 14.7 Å². The summed E-state index contributed by atoms with van der Waals surface area (Å²) in [5.41, 5.74) is 6.06. The molecule has 9 heteroatoms. The van der Waals surface area contributed by atoms with Crippen LogP contribution in [-0.4, -0.2) is 50.4 Å². The molecular weight excluding hydrogens is 420 g/mol. The number of aliphatic hydroxyl groups is 1. The van der Waals surface area contributed by atoms with Gasteiger partial charge in [0.15, 0.2) is 0 Å². The van der Waals surface area contributed by atoms with E-state index < -0.39 is 11.2 Å². The predicted octanol–water partition coefficient (Wildman–Crippen LogP) is 2.23. The van der Waals surface area contributed by atoms with Crippen molar-refractivity contribution in [2.45, 2.75) is 25.0 Å². The molecule has 1 amide bonds. The second kappa shape index (κ2) is 9.25. The maximum absolute atomic E-state index is 13.0. The standard InChI is InChI=1S/C24H26N6O3/c25-14-19-21(28-17-6-2-1-3-7-17)27-16-30(23(19)32)15-24(33)10-12-29(13-11-24)22(31)18-8-4-5-9-20(18)26/h1-9,14,16,25,28,33H,10-13,15,26H2. The number of benzene rings is 2. The Labute approximate surface area is 191 Å². The summed E-state index contributed by atoms with van der Waals surface area (Å²) in [4.78, 5) is 31.7. The van der Waals surface area contributed by atoms with Gasteiger partial charge < -0.3 is 26.5 Å². The SMILES string of the molecule is N=Cc1c(Nc2ccccc2)ncn(CC2(O)CCN(C(=O)c3ccccc3N)CC2)c1=O. The van der Waals surface area contributed by atoms with Crippen LogP contribution in [-0.2, 0) is 6.54 Å². The topological polar surface area (TPSA) is 137 Å². The minimum absolute atomic E-state index is 0.0286. The highest BCUT2D eigenvalue weighted by Crippen LogP contribution is 2.26. The second-order valence-electron chi connectivity index (χ2n) is 8.18. The summed E-state index contributed by atoms with van der Waals surface area (Å²) < 4.78 is 1.32. The summed E-state index contributed by atoms with van der Waals surface area (Å²) in [7, 11) is 0. The highest BCUT2D eigenvalue weighted by Gasteiger charge is 2.35. The molecule has 0 unspecified atom stereocenters. The third-order valence-electron chi connectivity index (χ3n) is 5.89. The first-order chi connectivity index (χ1) is 15.9. The third kappa shape index (κ3) is 4.78. The van der Waals surface area contributed by atoms with Crippen molar-refractivity contribution in [1.82, 2.24) is 14.5 Å². The van der Waals surface area contributed by atoms with Gasteiger partial charge in [0.1, 0.15) is 11.4 Å². The molecule has 2 aromatic carbocycles. The van der Waals surface area contributed by atoms with Crippen LogP contribution in [0.25, 0.3) is 0 Å². The zero-order valence-electron chi connectivity index (χ0n) is 18.1. The number of hydrogen-bond donors (Lipinski definition) is 4. The molecule has 0 saturated carbocycles. The normalized spacial score (nSPS) is 15.1. The smallest absolute Gasteiger partial charge is 0.264 e. The fourth-order valence-corrected chi connectivity index (χ4v) is 3.97. The maximum Gasteiger partial charge on any atom is 0.264 e. The molecular formula is C24H26N6O3. The summed E-state index contributed by atoms with van der Waals surface area (Å²) in [6.45, 7) is 0.717. The van der Waals surface area contributed by atoms with Gasteiger partial charge in [-0.3, -0.25) is 14.2 Å². The van der Waals surface area contributed by atoms with Gasteiger partial charge in [0.2, 0.25) is 0 Å². The first-order valence-corrected chi connectivity index (χ1v) is 10.7. The first kappa shape index (κ1) is 22.2. The number of nitrogen functional groups attached to an aromatic ring is 1. The van der Waals surface area contributed by atoms with Gasteiger partial charge in [-0.2, -0.15) is 0 Å². The number of anilines is 3. The molecule has 33 heavy (non-hydrogen) atoms. The average Bonchev–Trinajstić information content (AvgIpc) is 2.82. The van der Waals surface area contributed by atoms with E-state index in [-0.39, 0.29) is 23.8 Å². The minimum Gasteiger partial charge on any atom is -0.398 e. The molecule has 9 nitrogen and oxygen atoms in total. The van der Waals surface area contributed by atoms with Gasteiger partial charge in [0, 0.05) is 30.7 Å². The van der Waals surface area contributed by atoms with Crippen molar-refractivity contribution in [3.63, 3.8) is 0 Å². The number of piperidine rings is 1. The number of nitrogens with zero attached hydrogens (tertiary/aromatic N) is 3. The number of hydrogen-bond acceptors (Lipinski definition) is 7. The van der Waals surface area contributed by atoms with E-state index >= 15 is 0 Å². The number of carbonyl (C=O) groups is 1. The van der Waals surface area contributed by atoms with E-state index in [2.05, 4.69) is 10.3 Å². The number of nitrogens with two attached hydrogens (primary N) is 1. The van der Waals surface area contributed by atoms with Crippen LogP contribution in [0, 0.1) is 5.41 Å². The number of nitrogens with one attached hydrogen (secondary N) is 2. The lowest BCUT2D eigenvalue weighted by molar-refractivity contribution is -0.0300. The molecule has 1 fully saturated rings. The number of aromatic nitrogens is 2. The fourth-order valence-electron chi connectivity index (χ4n) is 3.97. The molecule has 1 aromatic heterocycles. The van der Waals surface area contributed by atoms with Crippen molar-refractivity contribution in [2.24, 2.45) is 0 Å². The van der Waals surface area contributed by atoms with E-state index in [0.717, 1.165) is 11.9 Å². The Kier molecular flexibility index (Phi) is 6.23. The molecule has 0 atom stereocenters. The lowest BCUT2D eigenvalue weighted by Crippen LogP contribution is -2.50.